The SMILES string of the molecule is CC(=O)N(c1ccccc1)c1nc(/C=C/C(=O)Nc2cccc3[nH]ccc23)cs1. The number of para-hydroxylation sites is 1. The molecule has 2 aromatic carbocycles. The summed E-state index contributed by atoms with van der Waals surface area (Å²) < 4.78 is 0. The van der Waals surface area contributed by atoms with Crippen LogP contribution in [-0.2, 0) is 9.59 Å². The summed E-state index contributed by atoms with van der Waals surface area (Å²) in [5, 5.41) is 6.20. The average Bonchev–Trinajstić information content (AvgIpc) is 3.37. The third kappa shape index (κ3) is 4.09. The van der Waals surface area contributed by atoms with Crippen LogP contribution in [0.2, 0.25) is 0 Å². The van der Waals surface area contributed by atoms with E-state index in [1.54, 1.807) is 11.0 Å². The van der Waals surface area contributed by atoms with E-state index in [4.69, 9.17) is 0 Å². The van der Waals surface area contributed by atoms with Gasteiger partial charge in [0.1, 0.15) is 0 Å². The lowest BCUT2D eigenvalue weighted by Gasteiger charge is -2.17. The van der Waals surface area contributed by atoms with Crippen LogP contribution in [0, 0.1) is 0 Å². The number of carbonyl (C=O) groups is 2. The van der Waals surface area contributed by atoms with Crippen LogP contribution in [0.3, 0.4) is 0 Å². The van der Waals surface area contributed by atoms with Crippen molar-refractivity contribution in [2.75, 3.05) is 10.2 Å². The average molecular weight is 402 g/mol. The van der Waals surface area contributed by atoms with E-state index in [1.165, 1.54) is 24.3 Å². The first-order chi connectivity index (χ1) is 14.1. The molecular formula is C22H18N4O2S. The zero-order valence-corrected chi connectivity index (χ0v) is 16.4. The van der Waals surface area contributed by atoms with E-state index in [2.05, 4.69) is 15.3 Å². The standard InChI is InChI=1S/C22H18N4O2S/c1-15(27)26(17-6-3-2-4-7-17)22-24-16(14-29-22)10-11-21(28)25-20-9-5-8-19-18(20)12-13-23-19/h2-14,23H,1H3,(H,25,28)/b11-10+. The predicted octanol–water partition coefficient (Wildman–Crippen LogP) is 4.96. The van der Waals surface area contributed by atoms with Gasteiger partial charge in [-0.15, -0.1) is 11.3 Å². The Morgan fingerprint density at radius 3 is 2.72 bits per heavy atom. The molecular weight excluding hydrogens is 384 g/mol. The molecule has 0 saturated carbocycles. The molecule has 0 aliphatic carbocycles. The molecule has 0 spiro atoms. The largest absolute Gasteiger partial charge is 0.361 e. The lowest BCUT2D eigenvalue weighted by atomic mass is 10.2. The van der Waals surface area contributed by atoms with Crippen molar-refractivity contribution in [3.05, 3.63) is 77.9 Å². The van der Waals surface area contributed by atoms with E-state index in [1.807, 2.05) is 66.2 Å². The van der Waals surface area contributed by atoms with Crippen molar-refractivity contribution >= 4 is 56.6 Å². The number of aromatic amines is 1. The van der Waals surface area contributed by atoms with Gasteiger partial charge in [0, 0.05) is 35.5 Å². The molecule has 0 aliphatic heterocycles. The molecule has 6 nitrogen and oxygen atoms in total. The maximum atomic E-state index is 12.3. The maximum Gasteiger partial charge on any atom is 0.248 e. The number of H-pyrrole nitrogens is 1. The summed E-state index contributed by atoms with van der Waals surface area (Å²) in [6.07, 6.45) is 4.90. The normalized spacial score (nSPS) is 11.1. The smallest absolute Gasteiger partial charge is 0.248 e. The number of anilines is 3. The summed E-state index contributed by atoms with van der Waals surface area (Å²) in [6.45, 7) is 1.50. The highest BCUT2D eigenvalue weighted by atomic mass is 32.1. The number of fused-ring (bicyclic) bond motifs is 1. The van der Waals surface area contributed by atoms with Gasteiger partial charge in [-0.3, -0.25) is 14.5 Å². The lowest BCUT2D eigenvalue weighted by Crippen LogP contribution is -2.22. The summed E-state index contributed by atoms with van der Waals surface area (Å²) in [5.74, 6) is -0.377. The Labute approximate surface area is 171 Å². The summed E-state index contributed by atoms with van der Waals surface area (Å²) in [6, 6.07) is 16.9. The number of aromatic nitrogens is 2. The first kappa shape index (κ1) is 18.6. The molecule has 0 saturated heterocycles. The molecule has 2 aromatic heterocycles. The fraction of sp³-hybridized carbons (Fsp3) is 0.0455. The first-order valence-corrected chi connectivity index (χ1v) is 9.86. The number of nitrogens with one attached hydrogen (secondary N) is 2. The first-order valence-electron chi connectivity index (χ1n) is 8.98. The van der Waals surface area contributed by atoms with Crippen LogP contribution in [0.1, 0.15) is 12.6 Å². The van der Waals surface area contributed by atoms with Gasteiger partial charge in [-0.2, -0.15) is 0 Å². The van der Waals surface area contributed by atoms with Gasteiger partial charge < -0.3 is 10.3 Å². The Balaban J connectivity index is 1.49. The molecule has 7 heteroatoms. The molecule has 0 bridgehead atoms. The maximum absolute atomic E-state index is 12.3. The van der Waals surface area contributed by atoms with Gasteiger partial charge in [0.15, 0.2) is 5.13 Å². The molecule has 0 radical (unpaired) electrons. The molecule has 0 atom stereocenters. The van der Waals surface area contributed by atoms with Crippen LogP contribution in [0.5, 0.6) is 0 Å². The molecule has 4 rings (SSSR count). The minimum atomic E-state index is -0.250. The van der Waals surface area contributed by atoms with Gasteiger partial charge in [-0.05, 0) is 36.4 Å². The quantitative estimate of drug-likeness (QED) is 0.463. The highest BCUT2D eigenvalue weighted by Crippen LogP contribution is 2.29. The van der Waals surface area contributed by atoms with Crippen molar-refractivity contribution in [2.45, 2.75) is 6.92 Å². The van der Waals surface area contributed by atoms with Crippen molar-refractivity contribution in [3.63, 3.8) is 0 Å². The summed E-state index contributed by atoms with van der Waals surface area (Å²) in [4.78, 5) is 33.6. The second-order valence-corrected chi connectivity index (χ2v) is 7.15. The van der Waals surface area contributed by atoms with Crippen LogP contribution < -0.4 is 10.2 Å². The molecule has 2 amide bonds. The third-order valence-corrected chi connectivity index (χ3v) is 5.13. The molecule has 0 unspecified atom stereocenters. The van der Waals surface area contributed by atoms with Crippen molar-refractivity contribution in [3.8, 4) is 0 Å². The summed E-state index contributed by atoms with van der Waals surface area (Å²) in [7, 11) is 0. The van der Waals surface area contributed by atoms with E-state index >= 15 is 0 Å². The Hall–Kier alpha value is -3.71. The van der Waals surface area contributed by atoms with Gasteiger partial charge in [-0.1, -0.05) is 24.3 Å². The Bertz CT molecular complexity index is 1190. The van der Waals surface area contributed by atoms with E-state index in [0.29, 0.717) is 10.8 Å². The number of hydrogen-bond acceptors (Lipinski definition) is 4. The zero-order valence-electron chi connectivity index (χ0n) is 15.6. The zero-order chi connectivity index (χ0) is 20.2. The van der Waals surface area contributed by atoms with Gasteiger partial charge in [-0.25, -0.2) is 4.98 Å². The van der Waals surface area contributed by atoms with Crippen LogP contribution >= 0.6 is 11.3 Å². The van der Waals surface area contributed by atoms with Crippen LogP contribution in [0.15, 0.2) is 72.3 Å². The molecule has 29 heavy (non-hydrogen) atoms. The number of rotatable bonds is 5. The third-order valence-electron chi connectivity index (χ3n) is 4.29. The summed E-state index contributed by atoms with van der Waals surface area (Å²) >= 11 is 1.35. The minimum Gasteiger partial charge on any atom is -0.361 e. The van der Waals surface area contributed by atoms with Crippen molar-refractivity contribution in [2.24, 2.45) is 0 Å². The van der Waals surface area contributed by atoms with Crippen LogP contribution in [0.25, 0.3) is 17.0 Å². The molecule has 2 N–H and O–H groups in total. The second-order valence-electron chi connectivity index (χ2n) is 6.31. The monoisotopic (exact) mass is 402 g/mol. The number of thiazole rings is 1. The number of benzene rings is 2. The fourth-order valence-corrected chi connectivity index (χ4v) is 3.84. The van der Waals surface area contributed by atoms with Crippen molar-refractivity contribution in [1.82, 2.24) is 9.97 Å². The second kappa shape index (κ2) is 8.12. The molecule has 0 aliphatic rings. The van der Waals surface area contributed by atoms with E-state index < -0.39 is 0 Å². The number of carbonyl (C=O) groups excluding carboxylic acids is 2. The Kier molecular flexibility index (Phi) is 5.22. The number of nitrogens with zero attached hydrogens (tertiary/aromatic N) is 2. The Morgan fingerprint density at radius 1 is 1.10 bits per heavy atom. The van der Waals surface area contributed by atoms with Gasteiger partial charge in [0.05, 0.1) is 17.1 Å². The highest BCUT2D eigenvalue weighted by molar-refractivity contribution is 7.14. The van der Waals surface area contributed by atoms with Gasteiger partial charge in [0.25, 0.3) is 0 Å². The summed E-state index contributed by atoms with van der Waals surface area (Å²) in [5.41, 5.74) is 3.06. The van der Waals surface area contributed by atoms with Crippen molar-refractivity contribution < 1.29 is 9.59 Å². The highest BCUT2D eigenvalue weighted by Gasteiger charge is 2.17. The van der Waals surface area contributed by atoms with Gasteiger partial charge >= 0.3 is 0 Å². The number of amides is 2. The topological polar surface area (TPSA) is 78.1 Å². The molecule has 2 heterocycles. The molecule has 144 valence electrons. The fourth-order valence-electron chi connectivity index (χ4n) is 2.99. The Morgan fingerprint density at radius 2 is 1.93 bits per heavy atom. The van der Waals surface area contributed by atoms with E-state index in [-0.39, 0.29) is 11.8 Å². The number of hydrogen-bond donors (Lipinski definition) is 2. The molecule has 4 aromatic rings. The van der Waals surface area contributed by atoms with E-state index in [9.17, 15) is 9.59 Å². The van der Waals surface area contributed by atoms with Crippen LogP contribution in [0.4, 0.5) is 16.5 Å². The van der Waals surface area contributed by atoms with Gasteiger partial charge in [0.2, 0.25) is 11.8 Å². The predicted molar refractivity (Wildman–Crippen MR) is 117 cm³/mol. The van der Waals surface area contributed by atoms with E-state index in [0.717, 1.165) is 22.3 Å². The van der Waals surface area contributed by atoms with Crippen LogP contribution in [-0.4, -0.2) is 21.8 Å². The minimum absolute atomic E-state index is 0.126. The molecule has 0 fully saturated rings. The van der Waals surface area contributed by atoms with Crippen molar-refractivity contribution in [1.29, 1.82) is 0 Å². The lowest BCUT2D eigenvalue weighted by molar-refractivity contribution is -0.116.